The van der Waals surface area contributed by atoms with Crippen LogP contribution in [0.25, 0.3) is 11.0 Å². The Morgan fingerprint density at radius 2 is 2.05 bits per heavy atom. The number of urea groups is 1. The van der Waals surface area contributed by atoms with E-state index in [1.807, 2.05) is 30.3 Å². The number of fused-ring (bicyclic) bond motifs is 1. The summed E-state index contributed by atoms with van der Waals surface area (Å²) in [5, 5.41) is 3.57. The standard InChI is InChI=1S/C15H17N3O3/c1-15(2)13(19)18(14(20)17-15)8-10(16)12-7-9-5-3-4-6-11(9)21-12/h3-7,10H,8,16H2,1-2H3,(H,17,20). The summed E-state index contributed by atoms with van der Waals surface area (Å²) in [4.78, 5) is 25.1. The summed E-state index contributed by atoms with van der Waals surface area (Å²) in [5.74, 6) is 0.278. The molecule has 1 aliphatic heterocycles. The molecule has 0 spiro atoms. The summed E-state index contributed by atoms with van der Waals surface area (Å²) in [6.45, 7) is 3.42. The molecular formula is C15H17N3O3. The Balaban J connectivity index is 1.81. The minimum atomic E-state index is -0.884. The van der Waals surface area contributed by atoms with Gasteiger partial charge >= 0.3 is 6.03 Å². The molecule has 0 saturated carbocycles. The summed E-state index contributed by atoms with van der Waals surface area (Å²) >= 11 is 0. The maximum atomic E-state index is 12.1. The highest BCUT2D eigenvalue weighted by molar-refractivity contribution is 6.06. The van der Waals surface area contributed by atoms with Crippen molar-refractivity contribution in [3.05, 3.63) is 36.1 Å². The SMILES string of the molecule is CC1(C)NC(=O)N(CC(N)c2cc3ccccc3o2)C1=O. The summed E-state index contributed by atoms with van der Waals surface area (Å²) in [6.07, 6.45) is 0. The van der Waals surface area contributed by atoms with Gasteiger partial charge in [0.05, 0.1) is 12.6 Å². The number of para-hydroxylation sites is 1. The lowest BCUT2D eigenvalue weighted by Crippen LogP contribution is -2.41. The molecule has 3 N–H and O–H groups in total. The molecule has 21 heavy (non-hydrogen) atoms. The van der Waals surface area contributed by atoms with Crippen molar-refractivity contribution in [2.75, 3.05) is 6.54 Å². The molecule has 1 fully saturated rings. The Kier molecular flexibility index (Phi) is 2.98. The van der Waals surface area contributed by atoms with Crippen LogP contribution in [0.2, 0.25) is 0 Å². The average Bonchev–Trinajstić information content (AvgIpc) is 2.93. The number of rotatable bonds is 3. The fourth-order valence-electron chi connectivity index (χ4n) is 2.46. The van der Waals surface area contributed by atoms with Crippen LogP contribution in [0.15, 0.2) is 34.7 Å². The van der Waals surface area contributed by atoms with E-state index in [9.17, 15) is 9.59 Å². The second-order valence-corrected chi connectivity index (χ2v) is 5.76. The van der Waals surface area contributed by atoms with Gasteiger partial charge in [-0.15, -0.1) is 0 Å². The molecule has 0 bridgehead atoms. The van der Waals surface area contributed by atoms with Gasteiger partial charge in [-0.05, 0) is 26.0 Å². The molecule has 2 aromatic rings. The van der Waals surface area contributed by atoms with E-state index in [-0.39, 0.29) is 12.5 Å². The Labute approximate surface area is 121 Å². The smallest absolute Gasteiger partial charge is 0.325 e. The van der Waals surface area contributed by atoms with E-state index in [0.29, 0.717) is 5.76 Å². The van der Waals surface area contributed by atoms with Crippen LogP contribution in [0.1, 0.15) is 25.6 Å². The third-order valence-corrected chi connectivity index (χ3v) is 3.63. The lowest BCUT2D eigenvalue weighted by Gasteiger charge is -2.18. The molecule has 1 atom stereocenters. The minimum Gasteiger partial charge on any atom is -0.459 e. The van der Waals surface area contributed by atoms with Gasteiger partial charge in [-0.1, -0.05) is 18.2 Å². The molecule has 6 heteroatoms. The quantitative estimate of drug-likeness (QED) is 0.842. The summed E-state index contributed by atoms with van der Waals surface area (Å²) in [5.41, 5.74) is 5.94. The number of nitrogens with zero attached hydrogens (tertiary/aromatic N) is 1. The zero-order valence-corrected chi connectivity index (χ0v) is 11.9. The molecule has 0 radical (unpaired) electrons. The molecule has 3 amide bonds. The second-order valence-electron chi connectivity index (χ2n) is 5.76. The van der Waals surface area contributed by atoms with Gasteiger partial charge in [-0.3, -0.25) is 9.69 Å². The molecule has 1 aliphatic rings. The average molecular weight is 287 g/mol. The molecule has 1 aromatic carbocycles. The number of hydrogen-bond acceptors (Lipinski definition) is 4. The van der Waals surface area contributed by atoms with Crippen molar-refractivity contribution in [1.29, 1.82) is 0 Å². The molecule has 2 heterocycles. The Bertz CT molecular complexity index is 687. The predicted molar refractivity (Wildman–Crippen MR) is 77.5 cm³/mol. The maximum Gasteiger partial charge on any atom is 0.325 e. The van der Waals surface area contributed by atoms with Gasteiger partial charge in [-0.25, -0.2) is 4.79 Å². The van der Waals surface area contributed by atoms with Crippen LogP contribution in [-0.2, 0) is 4.79 Å². The van der Waals surface area contributed by atoms with Crippen LogP contribution < -0.4 is 11.1 Å². The fraction of sp³-hybridized carbons (Fsp3) is 0.333. The van der Waals surface area contributed by atoms with Crippen molar-refractivity contribution in [2.24, 2.45) is 5.73 Å². The Morgan fingerprint density at radius 1 is 1.33 bits per heavy atom. The van der Waals surface area contributed by atoms with Gasteiger partial charge in [0.15, 0.2) is 0 Å². The Morgan fingerprint density at radius 3 is 2.67 bits per heavy atom. The number of amides is 3. The molecule has 1 unspecified atom stereocenters. The second kappa shape index (κ2) is 4.60. The van der Waals surface area contributed by atoms with E-state index < -0.39 is 17.6 Å². The van der Waals surface area contributed by atoms with Crippen molar-refractivity contribution in [3.63, 3.8) is 0 Å². The minimum absolute atomic E-state index is 0.0912. The van der Waals surface area contributed by atoms with Crippen molar-refractivity contribution in [3.8, 4) is 0 Å². The molecular weight excluding hydrogens is 270 g/mol. The number of imide groups is 1. The molecule has 3 rings (SSSR count). The molecule has 1 saturated heterocycles. The highest BCUT2D eigenvalue weighted by atomic mass is 16.3. The highest BCUT2D eigenvalue weighted by Crippen LogP contribution is 2.25. The summed E-state index contributed by atoms with van der Waals surface area (Å²) in [7, 11) is 0. The third kappa shape index (κ3) is 2.27. The summed E-state index contributed by atoms with van der Waals surface area (Å²) in [6, 6.07) is 8.42. The number of nitrogens with one attached hydrogen (secondary N) is 1. The normalized spacial score (nSPS) is 19.1. The van der Waals surface area contributed by atoms with E-state index in [1.165, 1.54) is 0 Å². The van der Waals surface area contributed by atoms with Crippen molar-refractivity contribution < 1.29 is 14.0 Å². The monoisotopic (exact) mass is 287 g/mol. The topological polar surface area (TPSA) is 88.6 Å². The van der Waals surface area contributed by atoms with Gasteiger partial charge < -0.3 is 15.5 Å². The molecule has 6 nitrogen and oxygen atoms in total. The van der Waals surface area contributed by atoms with Crippen molar-refractivity contribution >= 4 is 22.9 Å². The van der Waals surface area contributed by atoms with Gasteiger partial charge in [0.25, 0.3) is 5.91 Å². The fourth-order valence-corrected chi connectivity index (χ4v) is 2.46. The van der Waals surface area contributed by atoms with Crippen LogP contribution in [-0.4, -0.2) is 28.9 Å². The Hall–Kier alpha value is -2.34. The van der Waals surface area contributed by atoms with E-state index in [1.54, 1.807) is 13.8 Å². The number of hydrogen-bond donors (Lipinski definition) is 2. The first-order chi connectivity index (χ1) is 9.88. The van der Waals surface area contributed by atoms with Crippen molar-refractivity contribution in [2.45, 2.75) is 25.4 Å². The lowest BCUT2D eigenvalue weighted by atomic mass is 10.1. The third-order valence-electron chi connectivity index (χ3n) is 3.63. The van der Waals surface area contributed by atoms with Gasteiger partial charge in [0, 0.05) is 5.39 Å². The first kappa shape index (κ1) is 13.6. The lowest BCUT2D eigenvalue weighted by molar-refractivity contribution is -0.130. The highest BCUT2D eigenvalue weighted by Gasteiger charge is 2.44. The predicted octanol–water partition coefficient (Wildman–Crippen LogP) is 1.76. The first-order valence-electron chi connectivity index (χ1n) is 6.76. The van der Waals surface area contributed by atoms with Crippen LogP contribution in [0.4, 0.5) is 4.79 Å². The zero-order valence-electron chi connectivity index (χ0n) is 11.9. The largest absolute Gasteiger partial charge is 0.459 e. The van der Waals surface area contributed by atoms with E-state index >= 15 is 0 Å². The number of carbonyl (C=O) groups excluding carboxylic acids is 2. The van der Waals surface area contributed by atoms with E-state index in [4.69, 9.17) is 10.2 Å². The number of nitrogens with two attached hydrogens (primary N) is 1. The zero-order chi connectivity index (χ0) is 15.2. The van der Waals surface area contributed by atoms with Gasteiger partial charge in [0.2, 0.25) is 0 Å². The van der Waals surface area contributed by atoms with Crippen LogP contribution >= 0.6 is 0 Å². The van der Waals surface area contributed by atoms with Gasteiger partial charge in [0.1, 0.15) is 16.9 Å². The molecule has 110 valence electrons. The summed E-state index contributed by atoms with van der Waals surface area (Å²) < 4.78 is 5.67. The first-order valence-corrected chi connectivity index (χ1v) is 6.76. The number of carbonyl (C=O) groups is 2. The molecule has 1 aromatic heterocycles. The maximum absolute atomic E-state index is 12.1. The van der Waals surface area contributed by atoms with E-state index in [0.717, 1.165) is 15.9 Å². The van der Waals surface area contributed by atoms with Crippen molar-refractivity contribution in [1.82, 2.24) is 10.2 Å². The number of benzene rings is 1. The van der Waals surface area contributed by atoms with Gasteiger partial charge in [-0.2, -0.15) is 0 Å². The van der Waals surface area contributed by atoms with Crippen LogP contribution in [0, 0.1) is 0 Å². The van der Waals surface area contributed by atoms with Crippen LogP contribution in [0.3, 0.4) is 0 Å². The van der Waals surface area contributed by atoms with Crippen LogP contribution in [0.5, 0.6) is 0 Å². The van der Waals surface area contributed by atoms with E-state index in [2.05, 4.69) is 5.32 Å². The number of furan rings is 1. The molecule has 0 aliphatic carbocycles.